The molecule has 0 spiro atoms. The first-order valence-electron chi connectivity index (χ1n) is 22.8. The molecule has 54 heavy (non-hydrogen) atoms. The van der Waals surface area contributed by atoms with Crippen LogP contribution in [-0.4, -0.2) is 0 Å². The normalized spacial score (nSPS) is 25.1. The third-order valence-electron chi connectivity index (χ3n) is 13.4. The molecule has 7 aromatic rings. The van der Waals surface area contributed by atoms with E-state index in [4.69, 9.17) is 8.22 Å². The molecular formula is C53H47N. The van der Waals surface area contributed by atoms with E-state index in [2.05, 4.69) is 120 Å². The van der Waals surface area contributed by atoms with E-state index < -0.39 is 19.1 Å². The molecule has 4 fully saturated rings. The van der Waals surface area contributed by atoms with E-state index in [-0.39, 0.29) is 0 Å². The highest BCUT2D eigenvalue weighted by molar-refractivity contribution is 5.95. The Kier molecular flexibility index (Phi) is 5.89. The van der Waals surface area contributed by atoms with Crippen molar-refractivity contribution in [2.75, 3.05) is 4.90 Å². The molecule has 264 valence electrons. The molecule has 0 aliphatic heterocycles. The van der Waals surface area contributed by atoms with Gasteiger partial charge in [-0.1, -0.05) is 129 Å². The molecule has 0 atom stereocenters. The molecule has 7 aromatic carbocycles. The lowest BCUT2D eigenvalue weighted by Gasteiger charge is -2.57. The van der Waals surface area contributed by atoms with Gasteiger partial charge in [-0.3, -0.25) is 0 Å². The van der Waals surface area contributed by atoms with Crippen LogP contribution in [0.25, 0.3) is 44.2 Å². The van der Waals surface area contributed by atoms with Gasteiger partial charge in [0.05, 0.1) is 5.69 Å². The van der Waals surface area contributed by atoms with E-state index in [9.17, 15) is 0 Å². The Morgan fingerprint density at radius 1 is 0.481 bits per heavy atom. The number of rotatable bonds is 6. The lowest BCUT2D eigenvalue weighted by Crippen LogP contribution is -2.48. The monoisotopic (exact) mass is 703 g/mol. The van der Waals surface area contributed by atoms with Gasteiger partial charge >= 0.3 is 0 Å². The van der Waals surface area contributed by atoms with Gasteiger partial charge < -0.3 is 4.90 Å². The Bertz CT molecular complexity index is 2750. The fourth-order valence-electron chi connectivity index (χ4n) is 11.4. The van der Waals surface area contributed by atoms with Crippen molar-refractivity contribution in [3.8, 4) is 33.4 Å². The minimum Gasteiger partial charge on any atom is -0.310 e. The Hall–Kier alpha value is -5.40. The highest BCUT2D eigenvalue weighted by Gasteiger charge is 2.51. The SMILES string of the molecule is [2H]C([2H])([2H])C1(C([2H])([2H])[2H])c2ccccc2-c2ccc(-c3ccc4cc(N(c5ccccc5)c5ccccc5-c5cccc(C67CC8CC(CC(C8)C6)C7)c5)ccc4c3)cc21. The maximum absolute atomic E-state index is 8.67. The van der Waals surface area contributed by atoms with Crippen molar-refractivity contribution >= 4 is 27.8 Å². The number of hydrogen-bond acceptors (Lipinski definition) is 1. The average molecular weight is 704 g/mol. The first-order chi connectivity index (χ1) is 28.9. The standard InChI is InChI=1S/C53H47N/c1-52(2)49-17-8-6-16-47(49)48-24-22-41(31-50(48)52)38-19-20-40-30-45(23-21-39(40)28-38)54(44-13-4-3-5-14-44)51-18-9-7-15-46(51)42-11-10-12-43(29-42)53-32-35-25-36(33-53)27-37(26-35)34-53/h3-24,28-31,35-37H,25-27,32-34H2,1-2H3/i1D3,2D3. The predicted octanol–water partition coefficient (Wildman–Crippen LogP) is 14.4. The van der Waals surface area contributed by atoms with Crippen molar-refractivity contribution in [2.45, 2.75) is 63.1 Å². The van der Waals surface area contributed by atoms with Crippen LogP contribution in [0.3, 0.4) is 0 Å². The van der Waals surface area contributed by atoms with Gasteiger partial charge in [-0.05, 0) is 159 Å². The molecule has 0 aromatic heterocycles. The van der Waals surface area contributed by atoms with Crippen molar-refractivity contribution in [3.63, 3.8) is 0 Å². The summed E-state index contributed by atoms with van der Waals surface area (Å²) in [5.41, 5.74) is 9.05. The Morgan fingerprint density at radius 3 is 1.93 bits per heavy atom. The fourth-order valence-corrected chi connectivity index (χ4v) is 11.4. The molecule has 0 heterocycles. The number of nitrogens with zero attached hydrogens (tertiary/aromatic N) is 1. The van der Waals surface area contributed by atoms with Crippen LogP contribution < -0.4 is 4.90 Å². The second-order valence-corrected chi connectivity index (χ2v) is 16.8. The lowest BCUT2D eigenvalue weighted by atomic mass is 9.48. The summed E-state index contributed by atoms with van der Waals surface area (Å²) in [4.78, 5) is 2.36. The van der Waals surface area contributed by atoms with Crippen LogP contribution in [-0.2, 0) is 10.8 Å². The number of fused-ring (bicyclic) bond motifs is 4. The highest BCUT2D eigenvalue weighted by atomic mass is 15.1. The van der Waals surface area contributed by atoms with Crippen molar-refractivity contribution in [2.24, 2.45) is 17.8 Å². The third kappa shape index (κ3) is 5.04. The first-order valence-corrected chi connectivity index (χ1v) is 19.8. The van der Waals surface area contributed by atoms with E-state index in [0.717, 1.165) is 56.7 Å². The summed E-state index contributed by atoms with van der Waals surface area (Å²) >= 11 is 0. The van der Waals surface area contributed by atoms with Gasteiger partial charge in [0.15, 0.2) is 0 Å². The molecule has 0 saturated heterocycles. The van der Waals surface area contributed by atoms with Gasteiger partial charge in [-0.15, -0.1) is 0 Å². The number of benzene rings is 7. The predicted molar refractivity (Wildman–Crippen MR) is 227 cm³/mol. The molecular weight excluding hydrogens is 651 g/mol. The maximum atomic E-state index is 8.67. The van der Waals surface area contributed by atoms with Gasteiger partial charge in [-0.2, -0.15) is 0 Å². The molecule has 0 radical (unpaired) electrons. The maximum Gasteiger partial charge on any atom is 0.0540 e. The van der Waals surface area contributed by atoms with E-state index >= 15 is 0 Å². The Balaban J connectivity index is 0.984. The van der Waals surface area contributed by atoms with Gasteiger partial charge in [0.25, 0.3) is 0 Å². The number of anilines is 3. The number of hydrogen-bond donors (Lipinski definition) is 0. The average Bonchev–Trinajstić information content (AvgIpc) is 3.55. The van der Waals surface area contributed by atoms with Crippen molar-refractivity contribution in [1.29, 1.82) is 0 Å². The van der Waals surface area contributed by atoms with Crippen LogP contribution in [0.1, 0.15) is 77.1 Å². The summed E-state index contributed by atoms with van der Waals surface area (Å²) < 4.78 is 52.0. The second-order valence-electron chi connectivity index (χ2n) is 16.8. The zero-order valence-corrected chi connectivity index (χ0v) is 30.4. The summed E-state index contributed by atoms with van der Waals surface area (Å²) in [6.45, 7) is -5.61. The highest BCUT2D eigenvalue weighted by Crippen LogP contribution is 2.61. The van der Waals surface area contributed by atoms with Crippen LogP contribution in [0, 0.1) is 17.8 Å². The summed E-state index contributed by atoms with van der Waals surface area (Å²) in [6, 6.07) is 54.4. The van der Waals surface area contributed by atoms with Crippen LogP contribution in [0.2, 0.25) is 0 Å². The van der Waals surface area contributed by atoms with E-state index in [1.54, 1.807) is 18.2 Å². The molecule has 1 nitrogen and oxygen atoms in total. The van der Waals surface area contributed by atoms with Crippen molar-refractivity contribution in [3.05, 3.63) is 174 Å². The molecule has 4 saturated carbocycles. The third-order valence-corrected chi connectivity index (χ3v) is 13.4. The summed E-state index contributed by atoms with van der Waals surface area (Å²) in [7, 11) is 0. The summed E-state index contributed by atoms with van der Waals surface area (Å²) in [5, 5.41) is 2.09. The Labute approximate surface area is 328 Å². The summed E-state index contributed by atoms with van der Waals surface area (Å²) in [6.07, 6.45) is 8.32. The van der Waals surface area contributed by atoms with Gasteiger partial charge in [0.2, 0.25) is 0 Å². The quantitative estimate of drug-likeness (QED) is 0.167. The minimum absolute atomic E-state index is 0.314. The van der Waals surface area contributed by atoms with E-state index in [1.165, 1.54) is 55.2 Å². The van der Waals surface area contributed by atoms with Crippen LogP contribution in [0.15, 0.2) is 158 Å². The molecule has 4 bridgehead atoms. The Morgan fingerprint density at radius 2 is 1.13 bits per heavy atom. The zero-order chi connectivity index (χ0) is 41.0. The summed E-state index contributed by atoms with van der Waals surface area (Å²) in [5.74, 6) is 2.66. The lowest BCUT2D eigenvalue weighted by molar-refractivity contribution is -0.00516. The minimum atomic E-state index is -2.81. The van der Waals surface area contributed by atoms with Crippen LogP contribution in [0.5, 0.6) is 0 Å². The van der Waals surface area contributed by atoms with Crippen LogP contribution >= 0.6 is 0 Å². The van der Waals surface area contributed by atoms with Crippen molar-refractivity contribution in [1.82, 2.24) is 0 Å². The fraction of sp³-hybridized carbons (Fsp3) is 0.245. The second kappa shape index (κ2) is 12.1. The van der Waals surface area contributed by atoms with Crippen molar-refractivity contribution < 1.29 is 8.22 Å². The van der Waals surface area contributed by atoms with Gasteiger partial charge in [0.1, 0.15) is 0 Å². The molecule has 0 N–H and O–H groups in total. The largest absolute Gasteiger partial charge is 0.310 e. The molecule has 0 amide bonds. The molecule has 5 aliphatic carbocycles. The van der Waals surface area contributed by atoms with E-state index in [1.807, 2.05) is 24.3 Å². The zero-order valence-electron chi connectivity index (χ0n) is 36.4. The van der Waals surface area contributed by atoms with Gasteiger partial charge in [0, 0.05) is 30.6 Å². The molecule has 12 rings (SSSR count). The topological polar surface area (TPSA) is 3.24 Å². The molecule has 5 aliphatic rings. The van der Waals surface area contributed by atoms with Crippen LogP contribution in [0.4, 0.5) is 17.1 Å². The first kappa shape index (κ1) is 26.4. The number of para-hydroxylation sites is 2. The van der Waals surface area contributed by atoms with E-state index in [0.29, 0.717) is 27.7 Å². The molecule has 0 unspecified atom stereocenters. The molecule has 1 heteroatoms. The van der Waals surface area contributed by atoms with Gasteiger partial charge in [-0.25, -0.2) is 0 Å². The smallest absolute Gasteiger partial charge is 0.0540 e.